The quantitative estimate of drug-likeness (QED) is 0.908. The highest BCUT2D eigenvalue weighted by Gasteiger charge is 2.11. The molecule has 0 spiro atoms. The normalized spacial score (nSPS) is 11.3. The molecule has 0 unspecified atom stereocenters. The maximum Gasteiger partial charge on any atom is 0.148 e. The minimum atomic E-state index is 0.352. The van der Waals surface area contributed by atoms with E-state index < -0.39 is 0 Å². The van der Waals surface area contributed by atoms with Crippen molar-refractivity contribution in [2.45, 2.75) is 53.1 Å². The van der Waals surface area contributed by atoms with E-state index in [2.05, 4.69) is 54.3 Å². The zero-order valence-electron chi connectivity index (χ0n) is 12.9. The van der Waals surface area contributed by atoms with Gasteiger partial charge in [0.2, 0.25) is 0 Å². The van der Waals surface area contributed by atoms with Crippen LogP contribution in [0, 0.1) is 6.92 Å². The summed E-state index contributed by atoms with van der Waals surface area (Å²) in [5.74, 6) is 1.21. The van der Waals surface area contributed by atoms with Gasteiger partial charge in [0.1, 0.15) is 5.82 Å². The molecular formula is C15H23N5. The molecule has 0 aromatic carbocycles. The van der Waals surface area contributed by atoms with Crippen LogP contribution in [0.1, 0.15) is 56.6 Å². The van der Waals surface area contributed by atoms with E-state index in [1.165, 1.54) is 5.56 Å². The first-order chi connectivity index (χ1) is 9.49. The van der Waals surface area contributed by atoms with Crippen LogP contribution in [-0.4, -0.2) is 19.7 Å². The van der Waals surface area contributed by atoms with Gasteiger partial charge in [-0.1, -0.05) is 13.8 Å². The molecule has 0 atom stereocenters. The molecule has 0 aliphatic carbocycles. The molecule has 1 N–H and O–H groups in total. The number of aryl methyl sites for hydroxylation is 1. The molecule has 0 amide bonds. The van der Waals surface area contributed by atoms with E-state index in [4.69, 9.17) is 0 Å². The third kappa shape index (κ3) is 3.15. The number of nitrogens with zero attached hydrogens (tertiary/aromatic N) is 4. The monoisotopic (exact) mass is 273 g/mol. The lowest BCUT2D eigenvalue weighted by molar-refractivity contribution is 0.529. The Morgan fingerprint density at radius 2 is 1.85 bits per heavy atom. The summed E-state index contributed by atoms with van der Waals surface area (Å²) in [7, 11) is 0. The van der Waals surface area contributed by atoms with Crippen molar-refractivity contribution in [1.82, 2.24) is 19.7 Å². The minimum absolute atomic E-state index is 0.352. The van der Waals surface area contributed by atoms with Crippen molar-refractivity contribution in [3.05, 3.63) is 35.5 Å². The molecular weight excluding hydrogens is 250 g/mol. The first kappa shape index (κ1) is 14.5. The molecule has 2 aromatic heterocycles. The Morgan fingerprint density at radius 1 is 1.15 bits per heavy atom. The fourth-order valence-corrected chi connectivity index (χ4v) is 2.04. The Labute approximate surface area is 120 Å². The molecule has 2 rings (SSSR count). The molecule has 2 aromatic rings. The number of hydrogen-bond acceptors (Lipinski definition) is 4. The highest BCUT2D eigenvalue weighted by atomic mass is 15.3. The van der Waals surface area contributed by atoms with Crippen LogP contribution < -0.4 is 5.32 Å². The van der Waals surface area contributed by atoms with Crippen LogP contribution in [0.25, 0.3) is 0 Å². The lowest BCUT2D eigenvalue weighted by Gasteiger charge is -2.11. The number of anilines is 1. The van der Waals surface area contributed by atoms with Crippen molar-refractivity contribution in [2.75, 3.05) is 5.32 Å². The van der Waals surface area contributed by atoms with Gasteiger partial charge in [0, 0.05) is 36.7 Å². The third-order valence-electron chi connectivity index (χ3n) is 3.27. The molecule has 0 radical (unpaired) electrons. The smallest absolute Gasteiger partial charge is 0.148 e. The second-order valence-corrected chi connectivity index (χ2v) is 5.61. The predicted molar refractivity (Wildman–Crippen MR) is 80.8 cm³/mol. The highest BCUT2D eigenvalue weighted by Crippen LogP contribution is 2.20. The van der Waals surface area contributed by atoms with E-state index in [1.807, 2.05) is 11.6 Å². The summed E-state index contributed by atoms with van der Waals surface area (Å²) < 4.78 is 1.99. The number of nitrogens with one attached hydrogen (secondary N) is 1. The van der Waals surface area contributed by atoms with Gasteiger partial charge >= 0.3 is 0 Å². The van der Waals surface area contributed by atoms with Crippen LogP contribution >= 0.6 is 0 Å². The predicted octanol–water partition coefficient (Wildman–Crippen LogP) is 3.30. The molecule has 0 aliphatic heterocycles. The van der Waals surface area contributed by atoms with Crippen molar-refractivity contribution in [3.8, 4) is 0 Å². The molecule has 5 heteroatoms. The summed E-state index contributed by atoms with van der Waals surface area (Å²) >= 11 is 0. The molecule has 20 heavy (non-hydrogen) atoms. The van der Waals surface area contributed by atoms with Crippen molar-refractivity contribution < 1.29 is 0 Å². The van der Waals surface area contributed by atoms with Gasteiger partial charge in [0.25, 0.3) is 0 Å². The van der Waals surface area contributed by atoms with Gasteiger partial charge in [-0.05, 0) is 26.7 Å². The van der Waals surface area contributed by atoms with Crippen LogP contribution in [-0.2, 0) is 6.54 Å². The van der Waals surface area contributed by atoms with Crippen LogP contribution in [0.15, 0.2) is 18.6 Å². The Kier molecular flexibility index (Phi) is 4.37. The summed E-state index contributed by atoms with van der Waals surface area (Å²) in [4.78, 5) is 8.79. The van der Waals surface area contributed by atoms with Gasteiger partial charge in [-0.15, -0.1) is 0 Å². The second kappa shape index (κ2) is 6.03. The lowest BCUT2D eigenvalue weighted by Crippen LogP contribution is -2.07. The van der Waals surface area contributed by atoms with Gasteiger partial charge in [-0.25, -0.2) is 4.98 Å². The van der Waals surface area contributed by atoms with E-state index in [9.17, 15) is 0 Å². The van der Waals surface area contributed by atoms with E-state index in [0.717, 1.165) is 23.8 Å². The summed E-state index contributed by atoms with van der Waals surface area (Å²) in [6.07, 6.45) is 5.56. The van der Waals surface area contributed by atoms with Gasteiger partial charge in [0.15, 0.2) is 0 Å². The van der Waals surface area contributed by atoms with Crippen LogP contribution in [0.2, 0.25) is 0 Å². The average Bonchev–Trinajstić information content (AvgIpc) is 2.78. The number of rotatable bonds is 5. The SMILES string of the molecule is Cc1nn(C(C)C)cc1CNc1nccnc1C(C)C. The first-order valence-electron chi connectivity index (χ1n) is 7.08. The fraction of sp³-hybridized carbons (Fsp3) is 0.533. The third-order valence-corrected chi connectivity index (χ3v) is 3.27. The van der Waals surface area contributed by atoms with Gasteiger partial charge in [-0.3, -0.25) is 9.67 Å². The summed E-state index contributed by atoms with van der Waals surface area (Å²) in [5, 5.41) is 7.90. The zero-order chi connectivity index (χ0) is 14.7. The number of aromatic nitrogens is 4. The Morgan fingerprint density at radius 3 is 2.45 bits per heavy atom. The Hall–Kier alpha value is -1.91. The summed E-state index contributed by atoms with van der Waals surface area (Å²) in [6, 6.07) is 0.380. The topological polar surface area (TPSA) is 55.6 Å². The Bertz CT molecular complexity index is 571. The largest absolute Gasteiger partial charge is 0.364 e. The van der Waals surface area contributed by atoms with Crippen molar-refractivity contribution in [3.63, 3.8) is 0 Å². The maximum atomic E-state index is 4.52. The first-order valence-corrected chi connectivity index (χ1v) is 7.08. The molecule has 0 bridgehead atoms. The number of hydrogen-bond donors (Lipinski definition) is 1. The highest BCUT2D eigenvalue weighted by molar-refractivity contribution is 5.42. The van der Waals surface area contributed by atoms with E-state index in [1.54, 1.807) is 12.4 Å². The lowest BCUT2D eigenvalue weighted by atomic mass is 10.1. The minimum Gasteiger partial charge on any atom is -0.364 e. The van der Waals surface area contributed by atoms with Crippen LogP contribution in [0.5, 0.6) is 0 Å². The molecule has 5 nitrogen and oxygen atoms in total. The molecule has 108 valence electrons. The van der Waals surface area contributed by atoms with Crippen molar-refractivity contribution >= 4 is 5.82 Å². The molecule has 0 saturated heterocycles. The molecule has 0 fully saturated rings. The molecule has 2 heterocycles. The maximum absolute atomic E-state index is 4.52. The summed E-state index contributed by atoms with van der Waals surface area (Å²) in [6.45, 7) is 11.3. The van der Waals surface area contributed by atoms with Crippen LogP contribution in [0.4, 0.5) is 5.82 Å². The summed E-state index contributed by atoms with van der Waals surface area (Å²) in [5.41, 5.74) is 3.25. The van der Waals surface area contributed by atoms with Crippen LogP contribution in [0.3, 0.4) is 0 Å². The van der Waals surface area contributed by atoms with Crippen molar-refractivity contribution in [2.24, 2.45) is 0 Å². The van der Waals surface area contributed by atoms with Gasteiger partial charge in [0.05, 0.1) is 11.4 Å². The molecule has 0 saturated carbocycles. The zero-order valence-corrected chi connectivity index (χ0v) is 12.9. The standard InChI is InChI=1S/C15H23N5/c1-10(2)14-15(17-7-6-16-14)18-8-13-9-20(11(3)4)19-12(13)5/h6-7,9-11H,8H2,1-5H3,(H,17,18). The Balaban J connectivity index is 2.13. The van der Waals surface area contributed by atoms with Gasteiger partial charge in [-0.2, -0.15) is 5.10 Å². The van der Waals surface area contributed by atoms with E-state index in [0.29, 0.717) is 12.0 Å². The second-order valence-electron chi connectivity index (χ2n) is 5.61. The average molecular weight is 273 g/mol. The van der Waals surface area contributed by atoms with E-state index in [-0.39, 0.29) is 0 Å². The fourth-order valence-electron chi connectivity index (χ4n) is 2.04. The van der Waals surface area contributed by atoms with Gasteiger partial charge < -0.3 is 5.32 Å². The van der Waals surface area contributed by atoms with Crippen molar-refractivity contribution in [1.29, 1.82) is 0 Å². The molecule has 0 aliphatic rings. The van der Waals surface area contributed by atoms with E-state index >= 15 is 0 Å².